The minimum absolute atomic E-state index is 0.00435. The molecule has 2 rings (SSSR count). The van der Waals surface area contributed by atoms with E-state index in [4.69, 9.17) is 10.5 Å². The lowest BCUT2D eigenvalue weighted by atomic mass is 10.3. The van der Waals surface area contributed by atoms with Gasteiger partial charge in [0.1, 0.15) is 23.3 Å². The first-order valence-corrected chi connectivity index (χ1v) is 6.48. The van der Waals surface area contributed by atoms with Gasteiger partial charge in [-0.3, -0.25) is 4.57 Å². The van der Waals surface area contributed by atoms with Gasteiger partial charge in [-0.15, -0.1) is 0 Å². The van der Waals surface area contributed by atoms with Crippen molar-refractivity contribution >= 4 is 11.8 Å². The van der Waals surface area contributed by atoms with Crippen molar-refractivity contribution in [2.24, 2.45) is 0 Å². The van der Waals surface area contributed by atoms with Crippen LogP contribution in [0.4, 0.5) is 14.6 Å². The van der Waals surface area contributed by atoms with Crippen molar-refractivity contribution in [2.45, 2.75) is 20.3 Å². The van der Waals surface area contributed by atoms with Gasteiger partial charge in [0, 0.05) is 12.5 Å². The Bertz CT molecular complexity index is 663. The zero-order chi connectivity index (χ0) is 15.6. The smallest absolute Gasteiger partial charge is 0.360 e. The van der Waals surface area contributed by atoms with Crippen LogP contribution in [0, 0.1) is 11.6 Å². The molecule has 7 heteroatoms. The monoisotopic (exact) mass is 295 g/mol. The number of nitrogens with zero attached hydrogens (tertiary/aromatic N) is 2. The molecular weight excluding hydrogens is 280 g/mol. The number of hydrogen-bond donors (Lipinski definition) is 1. The van der Waals surface area contributed by atoms with E-state index in [0.717, 1.165) is 18.2 Å². The molecule has 5 nitrogen and oxygen atoms in total. The topological polar surface area (TPSA) is 70.1 Å². The summed E-state index contributed by atoms with van der Waals surface area (Å²) in [7, 11) is 0. The number of halogens is 2. The Balaban J connectivity index is 2.60. The maximum absolute atomic E-state index is 13.4. The molecule has 2 aromatic rings. The fourth-order valence-electron chi connectivity index (χ4n) is 2.02. The molecule has 21 heavy (non-hydrogen) atoms. The van der Waals surface area contributed by atoms with E-state index in [1.165, 1.54) is 4.57 Å². The number of esters is 1. The average molecular weight is 295 g/mol. The number of nitrogens with two attached hydrogens (primary N) is 1. The first kappa shape index (κ1) is 15.0. The van der Waals surface area contributed by atoms with E-state index < -0.39 is 17.6 Å². The van der Waals surface area contributed by atoms with Crippen molar-refractivity contribution in [3.05, 3.63) is 41.4 Å². The summed E-state index contributed by atoms with van der Waals surface area (Å²) in [5.41, 5.74) is 6.01. The van der Waals surface area contributed by atoms with Gasteiger partial charge in [0.05, 0.1) is 12.3 Å². The van der Waals surface area contributed by atoms with Gasteiger partial charge in [-0.1, -0.05) is 6.92 Å². The van der Waals surface area contributed by atoms with Crippen molar-refractivity contribution in [1.82, 2.24) is 9.55 Å². The summed E-state index contributed by atoms with van der Waals surface area (Å²) in [6.07, 6.45) is 0.432. The number of carbonyl (C=O) groups excluding carboxylic acids is 1. The van der Waals surface area contributed by atoms with E-state index >= 15 is 0 Å². The highest BCUT2D eigenvalue weighted by atomic mass is 19.1. The minimum atomic E-state index is -0.738. The third-order valence-corrected chi connectivity index (χ3v) is 2.87. The SMILES string of the molecule is CCOC(=O)c1nc(CC)n(-c2cc(F)cc(F)c2)c1N. The van der Waals surface area contributed by atoms with Crippen molar-refractivity contribution in [3.63, 3.8) is 0 Å². The van der Waals surface area contributed by atoms with Crippen LogP contribution in [0.25, 0.3) is 5.69 Å². The molecule has 0 radical (unpaired) electrons. The van der Waals surface area contributed by atoms with Crippen LogP contribution in [0.2, 0.25) is 0 Å². The second-order valence-corrected chi connectivity index (χ2v) is 4.30. The van der Waals surface area contributed by atoms with Gasteiger partial charge in [0.25, 0.3) is 0 Å². The molecule has 0 saturated carbocycles. The summed E-state index contributed by atoms with van der Waals surface area (Å²) < 4.78 is 32.9. The number of benzene rings is 1. The number of imidazole rings is 1. The maximum atomic E-state index is 13.4. The third-order valence-electron chi connectivity index (χ3n) is 2.87. The van der Waals surface area contributed by atoms with Gasteiger partial charge in [-0.25, -0.2) is 18.6 Å². The number of ether oxygens (including phenoxy) is 1. The molecule has 0 aliphatic carbocycles. The number of nitrogen functional groups attached to an aromatic ring is 1. The maximum Gasteiger partial charge on any atom is 0.360 e. The molecule has 1 heterocycles. The highest BCUT2D eigenvalue weighted by molar-refractivity contribution is 5.92. The predicted octanol–water partition coefficient (Wildman–Crippen LogP) is 2.47. The average Bonchev–Trinajstić information content (AvgIpc) is 2.75. The molecule has 0 atom stereocenters. The molecule has 0 aliphatic rings. The zero-order valence-corrected chi connectivity index (χ0v) is 11.7. The van der Waals surface area contributed by atoms with Gasteiger partial charge in [0.2, 0.25) is 0 Å². The van der Waals surface area contributed by atoms with Crippen molar-refractivity contribution in [3.8, 4) is 5.69 Å². The van der Waals surface area contributed by atoms with Crippen LogP contribution in [0.1, 0.15) is 30.2 Å². The second kappa shape index (κ2) is 5.90. The number of hydrogen-bond acceptors (Lipinski definition) is 4. The summed E-state index contributed by atoms with van der Waals surface area (Å²) in [6, 6.07) is 3.00. The van der Waals surface area contributed by atoms with E-state index in [-0.39, 0.29) is 23.8 Å². The Morgan fingerprint density at radius 1 is 1.29 bits per heavy atom. The van der Waals surface area contributed by atoms with Crippen molar-refractivity contribution < 1.29 is 18.3 Å². The van der Waals surface area contributed by atoms with E-state index in [9.17, 15) is 13.6 Å². The molecule has 2 N–H and O–H groups in total. The van der Waals surface area contributed by atoms with E-state index in [1.54, 1.807) is 13.8 Å². The summed E-state index contributed by atoms with van der Waals surface area (Å²) in [4.78, 5) is 15.9. The van der Waals surface area contributed by atoms with Crippen LogP contribution in [0.5, 0.6) is 0 Å². The number of aryl methyl sites for hydroxylation is 1. The Labute approximate surface area is 120 Å². The highest BCUT2D eigenvalue weighted by Crippen LogP contribution is 2.23. The van der Waals surface area contributed by atoms with Crippen molar-refractivity contribution in [1.29, 1.82) is 0 Å². The Morgan fingerprint density at radius 3 is 2.43 bits per heavy atom. The number of aromatic nitrogens is 2. The van der Waals surface area contributed by atoms with Gasteiger partial charge in [-0.05, 0) is 19.1 Å². The van der Waals surface area contributed by atoms with Crippen LogP contribution in [-0.4, -0.2) is 22.1 Å². The van der Waals surface area contributed by atoms with Gasteiger partial charge < -0.3 is 10.5 Å². The predicted molar refractivity (Wildman–Crippen MR) is 73.2 cm³/mol. The van der Waals surface area contributed by atoms with E-state index in [2.05, 4.69) is 4.98 Å². The normalized spacial score (nSPS) is 10.7. The quantitative estimate of drug-likeness (QED) is 0.880. The van der Waals surface area contributed by atoms with Gasteiger partial charge >= 0.3 is 5.97 Å². The molecule has 1 aromatic carbocycles. The lowest BCUT2D eigenvalue weighted by Gasteiger charge is -2.09. The first-order valence-electron chi connectivity index (χ1n) is 6.48. The second-order valence-electron chi connectivity index (χ2n) is 4.30. The largest absolute Gasteiger partial charge is 0.461 e. The van der Waals surface area contributed by atoms with Crippen LogP contribution in [0.15, 0.2) is 18.2 Å². The van der Waals surface area contributed by atoms with Crippen molar-refractivity contribution in [2.75, 3.05) is 12.3 Å². The summed E-state index contributed by atoms with van der Waals surface area (Å²) in [6.45, 7) is 3.64. The molecule has 0 bridgehead atoms. The highest BCUT2D eigenvalue weighted by Gasteiger charge is 2.22. The summed E-state index contributed by atoms with van der Waals surface area (Å²) in [5, 5.41) is 0. The standard InChI is InChI=1S/C14H15F2N3O2/c1-3-11-18-12(14(20)21-4-2)13(17)19(11)10-6-8(15)5-9(16)7-10/h5-7H,3-4,17H2,1-2H3. The van der Waals surface area contributed by atoms with Gasteiger partial charge in [0.15, 0.2) is 5.69 Å². The fraction of sp³-hybridized carbons (Fsp3) is 0.286. The molecule has 112 valence electrons. The fourth-order valence-corrected chi connectivity index (χ4v) is 2.02. The summed E-state index contributed by atoms with van der Waals surface area (Å²) in [5.74, 6) is -1.73. The zero-order valence-electron chi connectivity index (χ0n) is 11.7. The number of anilines is 1. The molecule has 0 aliphatic heterocycles. The molecular formula is C14H15F2N3O2. The molecule has 0 amide bonds. The van der Waals surface area contributed by atoms with Crippen LogP contribution >= 0.6 is 0 Å². The number of rotatable bonds is 4. The molecule has 0 unspecified atom stereocenters. The minimum Gasteiger partial charge on any atom is -0.461 e. The van der Waals surface area contributed by atoms with Crippen LogP contribution in [-0.2, 0) is 11.2 Å². The van der Waals surface area contributed by atoms with Crippen LogP contribution in [0.3, 0.4) is 0 Å². The van der Waals surface area contributed by atoms with Crippen LogP contribution < -0.4 is 5.73 Å². The Hall–Kier alpha value is -2.44. The van der Waals surface area contributed by atoms with E-state index in [1.807, 2.05) is 0 Å². The molecule has 0 fully saturated rings. The number of carbonyl (C=O) groups is 1. The van der Waals surface area contributed by atoms with E-state index in [0.29, 0.717) is 12.2 Å². The Kier molecular flexibility index (Phi) is 4.21. The summed E-state index contributed by atoms with van der Waals surface area (Å²) >= 11 is 0. The first-order chi connectivity index (χ1) is 9.97. The molecule has 0 saturated heterocycles. The Morgan fingerprint density at radius 2 is 1.90 bits per heavy atom. The lowest BCUT2D eigenvalue weighted by Crippen LogP contribution is -2.10. The molecule has 1 aromatic heterocycles. The lowest BCUT2D eigenvalue weighted by molar-refractivity contribution is 0.0521. The molecule has 0 spiro atoms. The van der Waals surface area contributed by atoms with Gasteiger partial charge in [-0.2, -0.15) is 0 Å². The third kappa shape index (κ3) is 2.86.